The molecule has 68 heavy (non-hydrogen) atoms. The first-order valence-corrected chi connectivity index (χ1v) is 23.5. The molecule has 11 aromatic rings. The van der Waals surface area contributed by atoms with Crippen LogP contribution in [-0.2, 0) is 5.41 Å². The van der Waals surface area contributed by atoms with Gasteiger partial charge in [-0.2, -0.15) is 0 Å². The van der Waals surface area contributed by atoms with Crippen LogP contribution in [0.3, 0.4) is 0 Å². The smallest absolute Gasteiger partial charge is 0.164 e. The molecule has 0 N–H and O–H groups in total. The fourth-order valence-electron chi connectivity index (χ4n) is 11.6. The summed E-state index contributed by atoms with van der Waals surface area (Å²) in [4.78, 5) is 15.4. The lowest BCUT2D eigenvalue weighted by Gasteiger charge is -2.31. The van der Waals surface area contributed by atoms with E-state index in [0.717, 1.165) is 16.7 Å². The molecule has 1 heterocycles. The van der Waals surface area contributed by atoms with Gasteiger partial charge in [0.2, 0.25) is 0 Å². The largest absolute Gasteiger partial charge is 0.208 e. The van der Waals surface area contributed by atoms with Gasteiger partial charge in [0.05, 0.1) is 5.41 Å². The van der Waals surface area contributed by atoms with Crippen molar-refractivity contribution in [1.29, 1.82) is 0 Å². The summed E-state index contributed by atoms with van der Waals surface area (Å²) in [6, 6.07) is 88.5. The molecule has 3 aliphatic rings. The molecule has 3 heteroatoms. The highest BCUT2D eigenvalue weighted by molar-refractivity contribution is 5.97. The highest BCUT2D eigenvalue weighted by Gasteiger charge is 2.52. The van der Waals surface area contributed by atoms with Gasteiger partial charge in [0.1, 0.15) is 0 Å². The number of rotatable bonds is 6. The van der Waals surface area contributed by atoms with Crippen molar-refractivity contribution in [3.8, 4) is 89.8 Å². The number of fused-ring (bicyclic) bond motifs is 13. The second kappa shape index (κ2) is 15.1. The van der Waals surface area contributed by atoms with Crippen LogP contribution in [0.25, 0.3) is 89.8 Å². The molecule has 0 saturated heterocycles. The lowest BCUT2D eigenvalue weighted by molar-refractivity contribution is 0.794. The second-order valence-electron chi connectivity index (χ2n) is 18.2. The van der Waals surface area contributed by atoms with E-state index in [4.69, 9.17) is 15.0 Å². The summed E-state index contributed by atoms with van der Waals surface area (Å²) >= 11 is 0. The van der Waals surface area contributed by atoms with Crippen molar-refractivity contribution in [3.63, 3.8) is 0 Å². The van der Waals surface area contributed by atoms with E-state index < -0.39 is 5.41 Å². The first-order chi connectivity index (χ1) is 33.7. The molecule has 0 amide bonds. The third-order valence-corrected chi connectivity index (χ3v) is 14.6. The maximum atomic E-state index is 5.20. The van der Waals surface area contributed by atoms with Crippen LogP contribution in [0, 0.1) is 0 Å². The molecule has 0 radical (unpaired) electrons. The topological polar surface area (TPSA) is 38.7 Å². The Hall–Kier alpha value is -8.79. The molecule has 3 aliphatic carbocycles. The van der Waals surface area contributed by atoms with Crippen molar-refractivity contribution in [2.45, 2.75) is 11.3 Å². The highest BCUT2D eigenvalue weighted by atomic mass is 15.0. The van der Waals surface area contributed by atoms with Crippen molar-refractivity contribution >= 4 is 0 Å². The Labute approximate surface area is 395 Å². The Kier molecular flexibility index (Phi) is 8.56. The molecule has 14 rings (SSSR count). The van der Waals surface area contributed by atoms with E-state index in [1.54, 1.807) is 0 Å². The van der Waals surface area contributed by atoms with Crippen LogP contribution in [0.2, 0.25) is 0 Å². The minimum Gasteiger partial charge on any atom is -0.208 e. The summed E-state index contributed by atoms with van der Waals surface area (Å²) in [6.45, 7) is 0. The van der Waals surface area contributed by atoms with Crippen LogP contribution < -0.4 is 0 Å². The summed E-state index contributed by atoms with van der Waals surface area (Å²) in [6.07, 6.45) is 0. The van der Waals surface area contributed by atoms with Gasteiger partial charge in [0, 0.05) is 22.6 Å². The molecule has 0 fully saturated rings. The van der Waals surface area contributed by atoms with E-state index in [1.165, 1.54) is 94.6 Å². The van der Waals surface area contributed by atoms with E-state index >= 15 is 0 Å². The van der Waals surface area contributed by atoms with Crippen LogP contribution >= 0.6 is 0 Å². The van der Waals surface area contributed by atoms with Crippen molar-refractivity contribution < 1.29 is 0 Å². The Bertz CT molecular complexity index is 3720. The molecule has 3 nitrogen and oxygen atoms in total. The van der Waals surface area contributed by atoms with E-state index in [-0.39, 0.29) is 5.92 Å². The summed E-state index contributed by atoms with van der Waals surface area (Å²) in [5.41, 5.74) is 23.9. The zero-order chi connectivity index (χ0) is 44.8. The van der Waals surface area contributed by atoms with Gasteiger partial charge in [-0.1, -0.05) is 218 Å². The quantitative estimate of drug-likeness (QED) is 0.167. The summed E-state index contributed by atoms with van der Waals surface area (Å²) in [5, 5.41) is 0. The Balaban J connectivity index is 0.962. The van der Waals surface area contributed by atoms with Crippen LogP contribution in [0.5, 0.6) is 0 Å². The van der Waals surface area contributed by atoms with Crippen molar-refractivity contribution in [2.24, 2.45) is 0 Å². The minimum atomic E-state index is -0.576. The number of aromatic nitrogens is 3. The van der Waals surface area contributed by atoms with Gasteiger partial charge in [-0.05, 0) is 119 Å². The van der Waals surface area contributed by atoms with Crippen LogP contribution in [0.1, 0.15) is 44.9 Å². The van der Waals surface area contributed by atoms with Gasteiger partial charge in [0.25, 0.3) is 0 Å². The van der Waals surface area contributed by atoms with E-state index in [9.17, 15) is 0 Å². The highest BCUT2D eigenvalue weighted by Crippen LogP contribution is 2.63. The predicted octanol–water partition coefficient (Wildman–Crippen LogP) is 15.7. The average Bonchev–Trinajstić information content (AvgIpc) is 4.02. The monoisotopic (exact) mass is 863 g/mol. The van der Waals surface area contributed by atoms with Gasteiger partial charge in [-0.25, -0.2) is 15.0 Å². The number of benzene rings is 10. The first kappa shape index (κ1) is 38.5. The van der Waals surface area contributed by atoms with Gasteiger partial charge < -0.3 is 0 Å². The van der Waals surface area contributed by atoms with E-state index in [2.05, 4.69) is 206 Å². The molecule has 2 unspecified atom stereocenters. The summed E-state index contributed by atoms with van der Waals surface area (Å²) in [7, 11) is 0. The van der Waals surface area contributed by atoms with Crippen LogP contribution in [0.15, 0.2) is 243 Å². The Morgan fingerprint density at radius 1 is 0.250 bits per heavy atom. The average molecular weight is 864 g/mol. The van der Waals surface area contributed by atoms with Gasteiger partial charge >= 0.3 is 0 Å². The number of hydrogen-bond donors (Lipinski definition) is 0. The maximum Gasteiger partial charge on any atom is 0.164 e. The van der Waals surface area contributed by atoms with Crippen molar-refractivity contribution in [1.82, 2.24) is 15.0 Å². The second-order valence-corrected chi connectivity index (χ2v) is 18.2. The zero-order valence-electron chi connectivity index (χ0n) is 37.0. The van der Waals surface area contributed by atoms with Crippen LogP contribution in [0.4, 0.5) is 0 Å². The lowest BCUT2D eigenvalue weighted by atomic mass is 9.70. The summed E-state index contributed by atoms with van der Waals surface area (Å²) < 4.78 is 0. The summed E-state index contributed by atoms with van der Waals surface area (Å²) in [5.74, 6) is 2.11. The molecule has 2 atom stereocenters. The van der Waals surface area contributed by atoms with Crippen molar-refractivity contribution in [3.05, 3.63) is 282 Å². The molecule has 0 saturated carbocycles. The molecule has 1 spiro atoms. The molecular weight excluding hydrogens is 823 g/mol. The molecule has 0 aliphatic heterocycles. The minimum absolute atomic E-state index is 0.162. The predicted molar refractivity (Wildman–Crippen MR) is 276 cm³/mol. The van der Waals surface area contributed by atoms with E-state index in [1.807, 2.05) is 36.4 Å². The molecule has 0 bridgehead atoms. The van der Waals surface area contributed by atoms with Crippen molar-refractivity contribution in [2.75, 3.05) is 0 Å². The van der Waals surface area contributed by atoms with Gasteiger partial charge in [0.15, 0.2) is 17.5 Å². The fourth-order valence-corrected chi connectivity index (χ4v) is 11.6. The first-order valence-electron chi connectivity index (χ1n) is 23.5. The van der Waals surface area contributed by atoms with E-state index in [0.29, 0.717) is 17.5 Å². The fraction of sp³-hybridized carbons (Fsp3) is 0.0308. The van der Waals surface area contributed by atoms with Gasteiger partial charge in [-0.15, -0.1) is 0 Å². The number of hydrogen-bond acceptors (Lipinski definition) is 3. The number of nitrogens with zero attached hydrogens (tertiary/aromatic N) is 3. The third kappa shape index (κ3) is 5.76. The van der Waals surface area contributed by atoms with Gasteiger partial charge in [-0.3, -0.25) is 0 Å². The molecule has 1 aromatic heterocycles. The molecular formula is C65H41N3. The lowest BCUT2D eigenvalue weighted by Crippen LogP contribution is -2.26. The Morgan fingerprint density at radius 2 is 0.618 bits per heavy atom. The maximum absolute atomic E-state index is 5.20. The Morgan fingerprint density at radius 3 is 1.15 bits per heavy atom. The third-order valence-electron chi connectivity index (χ3n) is 14.6. The SMILES string of the molecule is c1ccc(-c2ccc3c(c2)-c2cc(-c4ccc5c(c4)C4(c6ccccc6-5)c5ccccc5-c5ccc(-c6nc(-c7ccccc7)nc(-c7ccccc7)n6)cc54)ccc2C3c2ccccc2)cc1. The zero-order valence-corrected chi connectivity index (χ0v) is 37.0. The van der Waals surface area contributed by atoms with Crippen LogP contribution in [-0.4, -0.2) is 15.0 Å². The normalized spacial score (nSPS) is 15.6. The standard InChI is InChI=1S/C65H41N3/c1-5-17-41(18-6-1)45-30-35-53-55(37-45)56-38-46(31-36-54(56)61(53)42-19-7-2-8-20-42)47-29-33-51-49-25-13-15-27-57(49)65(59(51)39-47)58-28-16-14-26-50(58)52-34-32-48(40-60(52)65)64-67-62(43-21-9-3-10-22-43)66-63(68-64)44-23-11-4-12-24-44/h1-40,61H. The molecule has 10 aromatic carbocycles. The molecule has 316 valence electrons.